The van der Waals surface area contributed by atoms with E-state index < -0.39 is 14.0 Å². The lowest BCUT2D eigenvalue weighted by Crippen LogP contribution is -2.22. The van der Waals surface area contributed by atoms with Crippen LogP contribution in [0.2, 0.25) is 25.7 Å². The standard InChI is InChI=1S/C13H19N3O3Si/c1-20(2,3)7-6-19-9-16-11(13(17)18)8-10-4-5-14-15-12(10)16/h4-5,8H,6-7,9H2,1-3H3,(H,17,18). The monoisotopic (exact) mass is 293 g/mol. The van der Waals surface area contributed by atoms with Gasteiger partial charge in [-0.05, 0) is 18.2 Å². The first-order valence-corrected chi connectivity index (χ1v) is 10.2. The number of aromatic nitrogens is 3. The van der Waals surface area contributed by atoms with Gasteiger partial charge >= 0.3 is 5.97 Å². The predicted molar refractivity (Wildman–Crippen MR) is 78.6 cm³/mol. The van der Waals surface area contributed by atoms with Crippen LogP contribution in [0.1, 0.15) is 10.5 Å². The zero-order valence-corrected chi connectivity index (χ0v) is 13.0. The molecular weight excluding hydrogens is 274 g/mol. The number of ether oxygens (including phenoxy) is 1. The number of rotatable bonds is 6. The molecule has 20 heavy (non-hydrogen) atoms. The summed E-state index contributed by atoms with van der Waals surface area (Å²) in [6.07, 6.45) is 1.55. The number of carboxylic acid groups (broad SMARTS) is 1. The Balaban J connectivity index is 2.15. The van der Waals surface area contributed by atoms with Crippen LogP contribution in [0.4, 0.5) is 0 Å². The van der Waals surface area contributed by atoms with Gasteiger partial charge in [-0.1, -0.05) is 19.6 Å². The fourth-order valence-corrected chi connectivity index (χ4v) is 2.59. The smallest absolute Gasteiger partial charge is 0.352 e. The molecule has 2 aromatic heterocycles. The lowest BCUT2D eigenvalue weighted by molar-refractivity contribution is 0.0629. The van der Waals surface area contributed by atoms with Crippen LogP contribution in [0.5, 0.6) is 0 Å². The van der Waals surface area contributed by atoms with E-state index in [1.165, 1.54) is 0 Å². The van der Waals surface area contributed by atoms with Gasteiger partial charge in [0, 0.05) is 20.1 Å². The van der Waals surface area contributed by atoms with Crippen molar-refractivity contribution in [3.8, 4) is 0 Å². The average molecular weight is 293 g/mol. The summed E-state index contributed by atoms with van der Waals surface area (Å²) < 4.78 is 7.17. The number of hydrogen-bond donors (Lipinski definition) is 1. The Morgan fingerprint density at radius 3 is 2.85 bits per heavy atom. The van der Waals surface area contributed by atoms with E-state index in [0.29, 0.717) is 12.3 Å². The second-order valence-electron chi connectivity index (χ2n) is 5.92. The summed E-state index contributed by atoms with van der Waals surface area (Å²) in [5.74, 6) is -0.989. The Morgan fingerprint density at radius 2 is 2.20 bits per heavy atom. The molecular formula is C13H19N3O3Si. The maximum atomic E-state index is 11.3. The van der Waals surface area contributed by atoms with Crippen molar-refractivity contribution in [1.29, 1.82) is 0 Å². The highest BCUT2D eigenvalue weighted by Gasteiger charge is 2.16. The van der Waals surface area contributed by atoms with Crippen molar-refractivity contribution in [2.45, 2.75) is 32.4 Å². The molecule has 0 fully saturated rings. The molecule has 7 heteroatoms. The Bertz CT molecular complexity index is 619. The van der Waals surface area contributed by atoms with E-state index in [9.17, 15) is 9.90 Å². The maximum Gasteiger partial charge on any atom is 0.352 e. The van der Waals surface area contributed by atoms with Crippen LogP contribution in [0.15, 0.2) is 18.3 Å². The van der Waals surface area contributed by atoms with Crippen molar-refractivity contribution in [1.82, 2.24) is 14.8 Å². The largest absolute Gasteiger partial charge is 0.477 e. The van der Waals surface area contributed by atoms with Crippen molar-refractivity contribution >= 4 is 25.1 Å². The Morgan fingerprint density at radius 1 is 1.45 bits per heavy atom. The molecule has 6 nitrogen and oxygen atoms in total. The molecule has 0 saturated carbocycles. The average Bonchev–Trinajstić information content (AvgIpc) is 2.72. The molecule has 2 rings (SSSR count). The van der Waals surface area contributed by atoms with E-state index in [4.69, 9.17) is 4.74 Å². The van der Waals surface area contributed by atoms with Crippen molar-refractivity contribution in [3.05, 3.63) is 24.0 Å². The first-order chi connectivity index (χ1) is 9.38. The van der Waals surface area contributed by atoms with Crippen molar-refractivity contribution in [2.75, 3.05) is 6.61 Å². The second-order valence-corrected chi connectivity index (χ2v) is 11.5. The molecule has 0 spiro atoms. The first kappa shape index (κ1) is 14.7. The fraction of sp³-hybridized carbons (Fsp3) is 0.462. The molecule has 0 aliphatic heterocycles. The molecule has 2 heterocycles. The van der Waals surface area contributed by atoms with Gasteiger partial charge in [-0.3, -0.25) is 4.57 Å². The minimum atomic E-state index is -1.15. The summed E-state index contributed by atoms with van der Waals surface area (Å²) in [4.78, 5) is 11.3. The van der Waals surface area contributed by atoms with Gasteiger partial charge in [0.05, 0.1) is 6.20 Å². The molecule has 1 N–H and O–H groups in total. The Labute approximate surface area is 118 Å². The SMILES string of the molecule is C[Si](C)(C)CCOCn1c(C(=O)O)cc2ccnnc21. The number of nitrogens with zero attached hydrogens (tertiary/aromatic N) is 3. The van der Waals surface area contributed by atoms with E-state index in [-0.39, 0.29) is 12.4 Å². The molecule has 2 aromatic rings. The molecule has 108 valence electrons. The zero-order chi connectivity index (χ0) is 14.8. The predicted octanol–water partition coefficient (Wildman–Crippen LogP) is 2.44. The highest BCUT2D eigenvalue weighted by atomic mass is 28.3. The van der Waals surface area contributed by atoms with Gasteiger partial charge in [-0.2, -0.15) is 5.10 Å². The summed E-state index contributed by atoms with van der Waals surface area (Å²) in [6, 6.07) is 4.38. The van der Waals surface area contributed by atoms with Crippen LogP contribution < -0.4 is 0 Å². The molecule has 0 amide bonds. The van der Waals surface area contributed by atoms with Crippen LogP contribution in [0.3, 0.4) is 0 Å². The normalized spacial score (nSPS) is 11.9. The topological polar surface area (TPSA) is 77.2 Å². The van der Waals surface area contributed by atoms with Crippen LogP contribution in [-0.4, -0.2) is 40.5 Å². The highest BCUT2D eigenvalue weighted by molar-refractivity contribution is 6.76. The minimum Gasteiger partial charge on any atom is -0.477 e. The summed E-state index contributed by atoms with van der Waals surface area (Å²) in [6.45, 7) is 7.64. The second kappa shape index (κ2) is 5.72. The Hall–Kier alpha value is -1.73. The van der Waals surface area contributed by atoms with E-state index in [0.717, 1.165) is 11.4 Å². The molecule has 0 aliphatic carbocycles. The highest BCUT2D eigenvalue weighted by Crippen LogP contribution is 2.17. The third-order valence-electron chi connectivity index (χ3n) is 3.01. The molecule has 0 aromatic carbocycles. The van der Waals surface area contributed by atoms with Crippen LogP contribution in [0, 0.1) is 0 Å². The third kappa shape index (κ3) is 3.43. The van der Waals surface area contributed by atoms with E-state index >= 15 is 0 Å². The van der Waals surface area contributed by atoms with Gasteiger partial charge < -0.3 is 9.84 Å². The van der Waals surface area contributed by atoms with E-state index in [1.807, 2.05) is 0 Å². The number of carboxylic acids is 1. The molecule has 0 unspecified atom stereocenters. The molecule has 0 atom stereocenters. The number of carbonyl (C=O) groups is 1. The maximum absolute atomic E-state index is 11.3. The minimum absolute atomic E-state index is 0.175. The Kier molecular flexibility index (Phi) is 4.19. The summed E-state index contributed by atoms with van der Waals surface area (Å²) in [5.41, 5.74) is 0.714. The summed E-state index contributed by atoms with van der Waals surface area (Å²) in [5, 5.41) is 17.8. The third-order valence-corrected chi connectivity index (χ3v) is 4.71. The van der Waals surface area contributed by atoms with Gasteiger partial charge in [-0.15, -0.1) is 5.10 Å². The van der Waals surface area contributed by atoms with Gasteiger partial charge in [0.2, 0.25) is 0 Å². The van der Waals surface area contributed by atoms with E-state index in [2.05, 4.69) is 29.8 Å². The molecule has 0 saturated heterocycles. The lowest BCUT2D eigenvalue weighted by Gasteiger charge is -2.16. The number of fused-ring (bicyclic) bond motifs is 1. The van der Waals surface area contributed by atoms with Crippen molar-refractivity contribution in [3.63, 3.8) is 0 Å². The van der Waals surface area contributed by atoms with Gasteiger partial charge in [0.15, 0.2) is 5.65 Å². The summed E-state index contributed by atoms with van der Waals surface area (Å²) in [7, 11) is -1.15. The molecule has 0 bridgehead atoms. The van der Waals surface area contributed by atoms with Gasteiger partial charge in [0.1, 0.15) is 12.4 Å². The van der Waals surface area contributed by atoms with E-state index in [1.54, 1.807) is 22.9 Å². The van der Waals surface area contributed by atoms with Crippen LogP contribution in [-0.2, 0) is 11.5 Å². The molecule has 0 aliphatic rings. The number of hydrogen-bond acceptors (Lipinski definition) is 4. The van der Waals surface area contributed by atoms with Gasteiger partial charge in [0.25, 0.3) is 0 Å². The first-order valence-electron chi connectivity index (χ1n) is 6.50. The quantitative estimate of drug-likeness (QED) is 0.654. The lowest BCUT2D eigenvalue weighted by atomic mass is 10.3. The van der Waals surface area contributed by atoms with Gasteiger partial charge in [-0.25, -0.2) is 4.79 Å². The number of aromatic carboxylic acids is 1. The van der Waals surface area contributed by atoms with Crippen LogP contribution in [0.25, 0.3) is 11.0 Å². The summed E-state index contributed by atoms with van der Waals surface area (Å²) >= 11 is 0. The van der Waals surface area contributed by atoms with Crippen molar-refractivity contribution in [2.24, 2.45) is 0 Å². The zero-order valence-electron chi connectivity index (χ0n) is 12.0. The fourth-order valence-electron chi connectivity index (χ4n) is 1.84. The van der Waals surface area contributed by atoms with Crippen LogP contribution >= 0.6 is 0 Å². The van der Waals surface area contributed by atoms with Crippen molar-refractivity contribution < 1.29 is 14.6 Å². The molecule has 0 radical (unpaired) electrons.